The van der Waals surface area contributed by atoms with Crippen LogP contribution in [0.15, 0.2) is 0 Å². The topological polar surface area (TPSA) is 49.5 Å². The number of hydrogen-bond donors (Lipinski definition) is 2. The lowest BCUT2D eigenvalue weighted by Crippen LogP contribution is -2.36. The van der Waals surface area contributed by atoms with E-state index in [0.717, 1.165) is 45.2 Å². The Morgan fingerprint density at radius 2 is 1.86 bits per heavy atom. The molecule has 0 aliphatic carbocycles. The molecule has 0 spiro atoms. The number of aliphatic hydroxyl groups excluding tert-OH is 1. The number of nitrogens with zero attached hydrogens (tertiary/aromatic N) is 1. The zero-order valence-electron chi connectivity index (χ0n) is 9.04. The van der Waals surface area contributed by atoms with Crippen molar-refractivity contribution in [2.45, 2.75) is 39.0 Å². The molecule has 0 aliphatic heterocycles. The molecule has 3 nitrogen and oxygen atoms in total. The largest absolute Gasteiger partial charge is 0.396 e. The summed E-state index contributed by atoms with van der Waals surface area (Å²) in [6, 6.07) is 0. The zero-order chi connectivity index (χ0) is 10.8. The first-order valence-electron chi connectivity index (χ1n) is 5.37. The van der Waals surface area contributed by atoms with E-state index in [-0.39, 0.29) is 6.61 Å². The molecule has 0 aliphatic rings. The minimum Gasteiger partial charge on any atom is -0.396 e. The molecular formula is C10H22N2OS. The van der Waals surface area contributed by atoms with Crippen LogP contribution in [0.3, 0.4) is 0 Å². The van der Waals surface area contributed by atoms with Gasteiger partial charge >= 0.3 is 0 Å². The number of hydrogen-bond acceptors (Lipinski definition) is 2. The zero-order valence-corrected chi connectivity index (χ0v) is 9.85. The molecule has 0 fully saturated rings. The van der Waals surface area contributed by atoms with Gasteiger partial charge in [-0.1, -0.05) is 13.3 Å². The number of nitrogens with two attached hydrogens (primary N) is 1. The van der Waals surface area contributed by atoms with Crippen molar-refractivity contribution >= 4 is 17.3 Å². The van der Waals surface area contributed by atoms with Crippen LogP contribution in [-0.4, -0.2) is 34.8 Å². The van der Waals surface area contributed by atoms with Crippen molar-refractivity contribution in [3.63, 3.8) is 0 Å². The van der Waals surface area contributed by atoms with Crippen molar-refractivity contribution in [1.29, 1.82) is 0 Å². The standard InChI is InChI=1S/C10H22N2OS/c1-2-3-7-12(10(11)14)8-5-4-6-9-13/h13H,2-9H2,1H3,(H2,11,14). The van der Waals surface area contributed by atoms with Gasteiger partial charge in [0.15, 0.2) is 5.11 Å². The normalized spacial score (nSPS) is 10.1. The maximum absolute atomic E-state index is 8.62. The van der Waals surface area contributed by atoms with E-state index in [1.807, 2.05) is 0 Å². The molecule has 14 heavy (non-hydrogen) atoms. The van der Waals surface area contributed by atoms with Crippen LogP contribution in [0.5, 0.6) is 0 Å². The molecule has 3 N–H and O–H groups in total. The van der Waals surface area contributed by atoms with Crippen LogP contribution in [0, 0.1) is 0 Å². The third-order valence-electron chi connectivity index (χ3n) is 2.18. The second-order valence-corrected chi connectivity index (χ2v) is 3.88. The average molecular weight is 218 g/mol. The second-order valence-electron chi connectivity index (χ2n) is 3.46. The number of aliphatic hydroxyl groups is 1. The molecule has 0 radical (unpaired) electrons. The van der Waals surface area contributed by atoms with E-state index < -0.39 is 0 Å². The molecule has 0 saturated heterocycles. The van der Waals surface area contributed by atoms with Crippen molar-refractivity contribution in [3.8, 4) is 0 Å². The Bertz CT molecular complexity index is 153. The Hall–Kier alpha value is -0.350. The minimum atomic E-state index is 0.280. The number of rotatable bonds is 8. The third-order valence-corrected chi connectivity index (χ3v) is 2.44. The van der Waals surface area contributed by atoms with Crippen LogP contribution in [0.2, 0.25) is 0 Å². The molecular weight excluding hydrogens is 196 g/mol. The monoisotopic (exact) mass is 218 g/mol. The Kier molecular flexibility index (Phi) is 8.98. The lowest BCUT2D eigenvalue weighted by atomic mass is 10.2. The average Bonchev–Trinajstić information content (AvgIpc) is 2.16. The molecule has 4 heteroatoms. The molecule has 0 aromatic carbocycles. The van der Waals surface area contributed by atoms with Crippen molar-refractivity contribution in [1.82, 2.24) is 4.90 Å². The summed E-state index contributed by atoms with van der Waals surface area (Å²) in [4.78, 5) is 2.05. The van der Waals surface area contributed by atoms with Gasteiger partial charge in [-0.2, -0.15) is 0 Å². The summed E-state index contributed by atoms with van der Waals surface area (Å²) in [7, 11) is 0. The highest BCUT2D eigenvalue weighted by Gasteiger charge is 2.04. The quantitative estimate of drug-likeness (QED) is 0.479. The third kappa shape index (κ3) is 7.09. The molecule has 0 unspecified atom stereocenters. The van der Waals surface area contributed by atoms with Crippen LogP contribution in [-0.2, 0) is 0 Å². The Morgan fingerprint density at radius 3 is 2.36 bits per heavy atom. The van der Waals surface area contributed by atoms with Gasteiger partial charge in [0.2, 0.25) is 0 Å². The van der Waals surface area contributed by atoms with E-state index in [1.165, 1.54) is 0 Å². The molecule has 0 aromatic heterocycles. The van der Waals surface area contributed by atoms with Gasteiger partial charge in [-0.05, 0) is 37.9 Å². The Morgan fingerprint density at radius 1 is 1.21 bits per heavy atom. The molecule has 0 amide bonds. The maximum atomic E-state index is 8.62. The fraction of sp³-hybridized carbons (Fsp3) is 0.900. The summed E-state index contributed by atoms with van der Waals surface area (Å²) in [6.45, 7) is 4.33. The van der Waals surface area contributed by atoms with Crippen LogP contribution in [0.1, 0.15) is 39.0 Å². The highest BCUT2D eigenvalue weighted by Crippen LogP contribution is 2.00. The van der Waals surface area contributed by atoms with E-state index in [2.05, 4.69) is 11.8 Å². The lowest BCUT2D eigenvalue weighted by Gasteiger charge is -2.22. The highest BCUT2D eigenvalue weighted by atomic mass is 32.1. The Labute approximate surface area is 92.3 Å². The van der Waals surface area contributed by atoms with Gasteiger partial charge in [-0.3, -0.25) is 0 Å². The fourth-order valence-corrected chi connectivity index (χ4v) is 1.45. The molecule has 0 aromatic rings. The second kappa shape index (κ2) is 9.21. The number of unbranched alkanes of at least 4 members (excludes halogenated alkanes) is 3. The predicted octanol–water partition coefficient (Wildman–Crippen LogP) is 1.49. The predicted molar refractivity (Wildman–Crippen MR) is 64.2 cm³/mol. The summed E-state index contributed by atoms with van der Waals surface area (Å²) in [6.07, 6.45) is 5.27. The first kappa shape index (κ1) is 13.7. The van der Waals surface area contributed by atoms with Gasteiger partial charge in [0.25, 0.3) is 0 Å². The molecule has 0 atom stereocenters. The fourth-order valence-electron chi connectivity index (χ4n) is 1.27. The van der Waals surface area contributed by atoms with E-state index >= 15 is 0 Å². The van der Waals surface area contributed by atoms with Crippen molar-refractivity contribution in [3.05, 3.63) is 0 Å². The van der Waals surface area contributed by atoms with Crippen LogP contribution < -0.4 is 5.73 Å². The van der Waals surface area contributed by atoms with E-state index in [1.54, 1.807) is 0 Å². The van der Waals surface area contributed by atoms with Gasteiger partial charge in [-0.15, -0.1) is 0 Å². The van der Waals surface area contributed by atoms with Crippen LogP contribution in [0.4, 0.5) is 0 Å². The Balaban J connectivity index is 3.57. The van der Waals surface area contributed by atoms with E-state index in [4.69, 9.17) is 23.1 Å². The van der Waals surface area contributed by atoms with E-state index in [9.17, 15) is 0 Å². The van der Waals surface area contributed by atoms with E-state index in [0.29, 0.717) is 5.11 Å². The summed E-state index contributed by atoms with van der Waals surface area (Å²) in [5.41, 5.74) is 5.60. The summed E-state index contributed by atoms with van der Waals surface area (Å²) >= 11 is 4.96. The lowest BCUT2D eigenvalue weighted by molar-refractivity contribution is 0.279. The van der Waals surface area contributed by atoms with Gasteiger partial charge in [0.1, 0.15) is 0 Å². The summed E-state index contributed by atoms with van der Waals surface area (Å²) < 4.78 is 0. The van der Waals surface area contributed by atoms with Gasteiger partial charge in [0.05, 0.1) is 0 Å². The molecule has 0 saturated carbocycles. The SMILES string of the molecule is CCCCN(CCCCCO)C(N)=S. The van der Waals surface area contributed by atoms with Gasteiger partial charge in [0, 0.05) is 19.7 Å². The highest BCUT2D eigenvalue weighted by molar-refractivity contribution is 7.80. The first-order chi connectivity index (χ1) is 6.72. The van der Waals surface area contributed by atoms with Crippen molar-refractivity contribution in [2.24, 2.45) is 5.73 Å². The van der Waals surface area contributed by atoms with Gasteiger partial charge in [-0.25, -0.2) is 0 Å². The molecule has 84 valence electrons. The molecule has 0 rings (SSSR count). The smallest absolute Gasteiger partial charge is 0.166 e. The van der Waals surface area contributed by atoms with Gasteiger partial charge < -0.3 is 15.7 Å². The van der Waals surface area contributed by atoms with Crippen LogP contribution in [0.25, 0.3) is 0 Å². The number of thiocarbonyl (C=S) groups is 1. The van der Waals surface area contributed by atoms with Crippen molar-refractivity contribution in [2.75, 3.05) is 19.7 Å². The maximum Gasteiger partial charge on any atom is 0.166 e. The summed E-state index contributed by atoms with van der Waals surface area (Å²) in [5.74, 6) is 0. The minimum absolute atomic E-state index is 0.280. The molecule has 0 bridgehead atoms. The van der Waals surface area contributed by atoms with Crippen molar-refractivity contribution < 1.29 is 5.11 Å². The summed E-state index contributed by atoms with van der Waals surface area (Å²) in [5, 5.41) is 9.12. The first-order valence-corrected chi connectivity index (χ1v) is 5.78. The molecule has 0 heterocycles. The van der Waals surface area contributed by atoms with Crippen LogP contribution >= 0.6 is 12.2 Å².